The number of halogens is 1. The third-order valence-corrected chi connectivity index (χ3v) is 2.04. The summed E-state index contributed by atoms with van der Waals surface area (Å²) >= 11 is 0. The molecule has 0 heterocycles. The van der Waals surface area contributed by atoms with Crippen molar-refractivity contribution in [3.8, 4) is 6.07 Å². The summed E-state index contributed by atoms with van der Waals surface area (Å²) in [6.45, 7) is 0.609. The van der Waals surface area contributed by atoms with Crippen LogP contribution in [0, 0.1) is 17.1 Å². The summed E-state index contributed by atoms with van der Waals surface area (Å²) in [6.07, 6.45) is 0. The van der Waals surface area contributed by atoms with E-state index >= 15 is 0 Å². The van der Waals surface area contributed by atoms with Gasteiger partial charge in [0.2, 0.25) is 5.91 Å². The lowest BCUT2D eigenvalue weighted by atomic mass is 10.1. The van der Waals surface area contributed by atoms with E-state index in [1.54, 1.807) is 19.2 Å². The van der Waals surface area contributed by atoms with Gasteiger partial charge in [0.1, 0.15) is 11.9 Å². The molecule has 84 valence electrons. The lowest BCUT2D eigenvalue weighted by Crippen LogP contribution is -2.30. The molecule has 0 radical (unpaired) electrons. The average Bonchev–Trinajstić information content (AvgIpc) is 2.31. The Morgan fingerprint density at radius 2 is 2.31 bits per heavy atom. The number of rotatable bonds is 4. The Morgan fingerprint density at radius 1 is 1.56 bits per heavy atom. The van der Waals surface area contributed by atoms with E-state index in [2.05, 4.69) is 10.6 Å². The van der Waals surface area contributed by atoms with Crippen molar-refractivity contribution in [1.29, 1.82) is 5.26 Å². The summed E-state index contributed by atoms with van der Waals surface area (Å²) in [5.41, 5.74) is 0.779. The monoisotopic (exact) mass is 221 g/mol. The molecule has 0 saturated carbocycles. The van der Waals surface area contributed by atoms with Gasteiger partial charge in [-0.3, -0.25) is 4.79 Å². The van der Waals surface area contributed by atoms with Gasteiger partial charge in [-0.15, -0.1) is 0 Å². The molecule has 0 aliphatic heterocycles. The molecule has 1 aromatic carbocycles. The van der Waals surface area contributed by atoms with E-state index in [-0.39, 0.29) is 18.0 Å². The predicted octanol–water partition coefficient (Wildman–Crippen LogP) is 0.533. The second kappa shape index (κ2) is 5.83. The maximum absolute atomic E-state index is 13.0. The molecular weight excluding hydrogens is 209 g/mol. The van der Waals surface area contributed by atoms with Crippen LogP contribution in [-0.2, 0) is 11.3 Å². The molecule has 0 saturated heterocycles. The van der Waals surface area contributed by atoms with Gasteiger partial charge in [0.25, 0.3) is 0 Å². The van der Waals surface area contributed by atoms with Crippen LogP contribution in [0.1, 0.15) is 11.1 Å². The van der Waals surface area contributed by atoms with Crippen molar-refractivity contribution in [2.75, 3.05) is 13.6 Å². The van der Waals surface area contributed by atoms with Crippen LogP contribution in [0.15, 0.2) is 18.2 Å². The first kappa shape index (κ1) is 12.1. The van der Waals surface area contributed by atoms with Crippen molar-refractivity contribution in [3.05, 3.63) is 35.1 Å². The molecule has 0 unspecified atom stereocenters. The van der Waals surface area contributed by atoms with E-state index in [0.29, 0.717) is 6.54 Å². The van der Waals surface area contributed by atoms with E-state index in [0.717, 1.165) is 5.56 Å². The Labute approximate surface area is 93.1 Å². The highest BCUT2D eigenvalue weighted by Crippen LogP contribution is 2.08. The molecular formula is C11H12FN3O. The highest BCUT2D eigenvalue weighted by atomic mass is 19.1. The molecule has 5 heteroatoms. The van der Waals surface area contributed by atoms with Gasteiger partial charge in [-0.05, 0) is 17.7 Å². The third-order valence-electron chi connectivity index (χ3n) is 2.04. The van der Waals surface area contributed by atoms with Gasteiger partial charge < -0.3 is 10.6 Å². The maximum Gasteiger partial charge on any atom is 0.233 e. The fourth-order valence-corrected chi connectivity index (χ4v) is 1.18. The number of nitrogens with zero attached hydrogens (tertiary/aromatic N) is 1. The number of benzene rings is 1. The van der Waals surface area contributed by atoms with Gasteiger partial charge in [0.05, 0.1) is 12.1 Å². The van der Waals surface area contributed by atoms with Crippen molar-refractivity contribution >= 4 is 5.91 Å². The number of amides is 1. The summed E-state index contributed by atoms with van der Waals surface area (Å²) in [7, 11) is 1.55. The fourth-order valence-electron chi connectivity index (χ4n) is 1.18. The largest absolute Gasteiger partial charge is 0.358 e. The molecule has 0 aromatic heterocycles. The standard InChI is InChI=1S/C11H12FN3O/c1-14-11(16)7-15-6-8-2-3-10(12)9(4-8)5-13/h2-4,15H,6-7H2,1H3,(H,14,16). The van der Waals surface area contributed by atoms with Crippen LogP contribution in [0.4, 0.5) is 4.39 Å². The van der Waals surface area contributed by atoms with Crippen molar-refractivity contribution in [2.45, 2.75) is 6.54 Å². The zero-order valence-corrected chi connectivity index (χ0v) is 8.88. The lowest BCUT2D eigenvalue weighted by molar-refractivity contribution is -0.119. The van der Waals surface area contributed by atoms with Crippen LogP contribution in [0.3, 0.4) is 0 Å². The van der Waals surface area contributed by atoms with Gasteiger partial charge in [-0.1, -0.05) is 6.07 Å². The zero-order chi connectivity index (χ0) is 12.0. The number of hydrogen-bond acceptors (Lipinski definition) is 3. The molecule has 1 aromatic rings. The first-order valence-electron chi connectivity index (χ1n) is 4.77. The summed E-state index contributed by atoms with van der Waals surface area (Å²) in [6, 6.07) is 6.05. The van der Waals surface area contributed by atoms with E-state index in [4.69, 9.17) is 5.26 Å². The topological polar surface area (TPSA) is 64.9 Å². The average molecular weight is 221 g/mol. The molecule has 0 fully saturated rings. The molecule has 0 aliphatic rings. The van der Waals surface area contributed by atoms with Gasteiger partial charge in [0, 0.05) is 13.6 Å². The number of carbonyl (C=O) groups is 1. The highest BCUT2D eigenvalue weighted by molar-refractivity contribution is 5.77. The first-order valence-corrected chi connectivity index (χ1v) is 4.77. The van der Waals surface area contributed by atoms with Gasteiger partial charge >= 0.3 is 0 Å². The Balaban J connectivity index is 2.55. The molecule has 0 bridgehead atoms. The van der Waals surface area contributed by atoms with Crippen LogP contribution in [0.25, 0.3) is 0 Å². The van der Waals surface area contributed by atoms with E-state index in [1.165, 1.54) is 12.1 Å². The fraction of sp³-hybridized carbons (Fsp3) is 0.273. The Kier molecular flexibility index (Phi) is 4.42. The van der Waals surface area contributed by atoms with Gasteiger partial charge in [-0.2, -0.15) is 5.26 Å². The highest BCUT2D eigenvalue weighted by Gasteiger charge is 2.03. The second-order valence-electron chi connectivity index (χ2n) is 3.20. The summed E-state index contributed by atoms with van der Waals surface area (Å²) in [5, 5.41) is 14.0. The molecule has 2 N–H and O–H groups in total. The second-order valence-corrected chi connectivity index (χ2v) is 3.20. The first-order chi connectivity index (χ1) is 7.67. The number of hydrogen-bond donors (Lipinski definition) is 2. The van der Waals surface area contributed by atoms with Crippen LogP contribution in [-0.4, -0.2) is 19.5 Å². The van der Waals surface area contributed by atoms with E-state index < -0.39 is 5.82 Å². The minimum atomic E-state index is -0.530. The van der Waals surface area contributed by atoms with Crippen molar-refractivity contribution in [1.82, 2.24) is 10.6 Å². The predicted molar refractivity (Wildman–Crippen MR) is 56.9 cm³/mol. The SMILES string of the molecule is CNC(=O)CNCc1ccc(F)c(C#N)c1. The van der Waals surface area contributed by atoms with E-state index in [9.17, 15) is 9.18 Å². The molecule has 0 atom stereocenters. The molecule has 0 aliphatic carbocycles. The van der Waals surface area contributed by atoms with Crippen LogP contribution >= 0.6 is 0 Å². The van der Waals surface area contributed by atoms with Crippen LogP contribution in [0.2, 0.25) is 0 Å². The molecule has 16 heavy (non-hydrogen) atoms. The summed E-state index contributed by atoms with van der Waals surface area (Å²) < 4.78 is 13.0. The normalized spacial score (nSPS) is 9.56. The molecule has 1 rings (SSSR count). The van der Waals surface area contributed by atoms with Gasteiger partial charge in [-0.25, -0.2) is 4.39 Å². The Hall–Kier alpha value is -1.93. The molecule has 4 nitrogen and oxygen atoms in total. The van der Waals surface area contributed by atoms with Gasteiger partial charge in [0.15, 0.2) is 0 Å². The van der Waals surface area contributed by atoms with Crippen LogP contribution < -0.4 is 10.6 Å². The maximum atomic E-state index is 13.0. The number of carbonyl (C=O) groups excluding carboxylic acids is 1. The Bertz CT molecular complexity index is 426. The summed E-state index contributed by atoms with van der Waals surface area (Å²) in [5.74, 6) is -0.653. The molecule has 1 amide bonds. The number of likely N-dealkylation sites (N-methyl/N-ethyl adjacent to an activating group) is 1. The van der Waals surface area contributed by atoms with E-state index in [1.807, 2.05) is 0 Å². The van der Waals surface area contributed by atoms with Crippen molar-refractivity contribution in [3.63, 3.8) is 0 Å². The minimum absolute atomic E-state index is 0.0132. The van der Waals surface area contributed by atoms with Crippen molar-refractivity contribution < 1.29 is 9.18 Å². The van der Waals surface area contributed by atoms with Crippen molar-refractivity contribution in [2.24, 2.45) is 0 Å². The van der Waals surface area contributed by atoms with Crippen LogP contribution in [0.5, 0.6) is 0 Å². The zero-order valence-electron chi connectivity index (χ0n) is 8.88. The lowest BCUT2D eigenvalue weighted by Gasteiger charge is -2.04. The molecule has 0 spiro atoms. The third kappa shape index (κ3) is 3.33. The minimum Gasteiger partial charge on any atom is -0.358 e. The smallest absolute Gasteiger partial charge is 0.233 e. The number of nitrogens with one attached hydrogen (secondary N) is 2. The number of nitriles is 1. The summed E-state index contributed by atoms with van der Waals surface area (Å²) in [4.78, 5) is 10.9. The quantitative estimate of drug-likeness (QED) is 0.779. The Morgan fingerprint density at radius 3 is 2.94 bits per heavy atom.